The Labute approximate surface area is 198 Å². The largest absolute Gasteiger partial charge is 0.388 e. The molecule has 0 amide bonds. The van der Waals surface area contributed by atoms with Gasteiger partial charge >= 0.3 is 0 Å². The van der Waals surface area contributed by atoms with E-state index in [-0.39, 0.29) is 12.0 Å². The van der Waals surface area contributed by atoms with Crippen LogP contribution < -0.4 is 5.32 Å². The van der Waals surface area contributed by atoms with E-state index in [0.29, 0.717) is 22.6 Å². The van der Waals surface area contributed by atoms with Crippen LogP contribution in [-0.2, 0) is 6.42 Å². The Bertz CT molecular complexity index is 1120. The molecule has 1 unspecified atom stereocenters. The number of halogens is 3. The van der Waals surface area contributed by atoms with Gasteiger partial charge in [-0.2, -0.15) is 5.26 Å². The first kappa shape index (κ1) is 24.9. The molecule has 3 aromatic rings. The molecule has 0 radical (unpaired) electrons. The molecule has 0 aromatic heterocycles. The van der Waals surface area contributed by atoms with Crippen LogP contribution in [0.2, 0.25) is 5.02 Å². The van der Waals surface area contributed by atoms with E-state index in [9.17, 15) is 19.1 Å². The van der Waals surface area contributed by atoms with Gasteiger partial charge in [-0.3, -0.25) is 0 Å². The molecule has 0 aliphatic heterocycles. The number of nitriles is 1. The third kappa shape index (κ3) is 6.61. The number of hydrogen-bond acceptors (Lipinski definition) is 3. The van der Waals surface area contributed by atoms with Crippen LogP contribution in [-0.4, -0.2) is 16.7 Å². The van der Waals surface area contributed by atoms with E-state index in [0.717, 1.165) is 17.2 Å². The molecule has 0 heterocycles. The maximum atomic E-state index is 14.0. The summed E-state index contributed by atoms with van der Waals surface area (Å²) in [6.07, 6.45) is 0.635. The lowest BCUT2D eigenvalue weighted by Gasteiger charge is -2.36. The second kappa shape index (κ2) is 10.4. The van der Waals surface area contributed by atoms with Crippen LogP contribution in [0.5, 0.6) is 0 Å². The highest BCUT2D eigenvalue weighted by molar-refractivity contribution is 6.30. The van der Waals surface area contributed by atoms with E-state index >= 15 is 0 Å². The van der Waals surface area contributed by atoms with Crippen LogP contribution in [0, 0.1) is 23.0 Å². The fraction of sp³-hybridized carbons (Fsp3) is 0.296. The van der Waals surface area contributed by atoms with Crippen molar-refractivity contribution in [3.8, 4) is 6.07 Å². The lowest BCUT2D eigenvalue weighted by atomic mass is 9.83. The maximum absolute atomic E-state index is 14.0. The van der Waals surface area contributed by atoms with Gasteiger partial charge in [0, 0.05) is 23.0 Å². The highest BCUT2D eigenvalue weighted by Crippen LogP contribution is 2.32. The van der Waals surface area contributed by atoms with Crippen molar-refractivity contribution in [2.45, 2.75) is 50.8 Å². The highest BCUT2D eigenvalue weighted by Gasteiger charge is 2.32. The predicted molar refractivity (Wildman–Crippen MR) is 127 cm³/mol. The number of nitrogens with zero attached hydrogens (tertiary/aromatic N) is 1. The summed E-state index contributed by atoms with van der Waals surface area (Å²) in [5.41, 5.74) is 1.57. The minimum absolute atomic E-state index is 0.0947. The molecule has 0 bridgehead atoms. The molecule has 172 valence electrons. The van der Waals surface area contributed by atoms with Crippen molar-refractivity contribution in [2.75, 3.05) is 0 Å². The zero-order valence-electron chi connectivity index (χ0n) is 18.8. The van der Waals surface area contributed by atoms with Crippen LogP contribution in [0.3, 0.4) is 0 Å². The molecule has 3 atom stereocenters. The predicted octanol–water partition coefficient (Wildman–Crippen LogP) is 6.31. The number of nitrogens with one attached hydrogen (secondary N) is 1. The molecular formula is C27H27ClF2N2O. The van der Waals surface area contributed by atoms with Gasteiger partial charge in [0.2, 0.25) is 0 Å². The van der Waals surface area contributed by atoms with Gasteiger partial charge in [0.1, 0.15) is 11.6 Å². The Balaban J connectivity index is 1.98. The molecule has 0 aliphatic rings. The lowest BCUT2D eigenvalue weighted by molar-refractivity contribution is 0.0314. The first-order valence-electron chi connectivity index (χ1n) is 10.8. The van der Waals surface area contributed by atoms with Gasteiger partial charge in [-0.25, -0.2) is 8.78 Å². The number of rotatable bonds is 8. The van der Waals surface area contributed by atoms with Gasteiger partial charge in [-0.1, -0.05) is 35.9 Å². The molecule has 3 nitrogen and oxygen atoms in total. The topological polar surface area (TPSA) is 56.0 Å². The van der Waals surface area contributed by atoms with Gasteiger partial charge in [0.05, 0.1) is 23.3 Å². The summed E-state index contributed by atoms with van der Waals surface area (Å²) in [7, 11) is 0. The molecule has 0 aliphatic carbocycles. The number of hydrogen-bond donors (Lipinski definition) is 2. The third-order valence-electron chi connectivity index (χ3n) is 5.77. The molecule has 0 spiro atoms. The molecular weight excluding hydrogens is 442 g/mol. The monoisotopic (exact) mass is 468 g/mol. The Morgan fingerprint density at radius 2 is 1.64 bits per heavy atom. The summed E-state index contributed by atoms with van der Waals surface area (Å²) >= 11 is 6.04. The zero-order chi connectivity index (χ0) is 24.2. The van der Waals surface area contributed by atoms with E-state index in [1.807, 2.05) is 49.4 Å². The minimum atomic E-state index is -1.30. The zero-order valence-corrected chi connectivity index (χ0v) is 19.6. The minimum Gasteiger partial charge on any atom is -0.388 e. The number of benzene rings is 3. The number of aliphatic hydroxyl groups is 1. The standard InChI is InChI=1S/C27H27ClF2N2O/c1-17(32-26(27(2,3)33)21-13-23(29)15-24(30)14-21)25(12-18-7-9-22(28)10-8-18)20-6-4-5-19(11-20)16-31/h4-11,13-15,17,25-26,32-33H,12H2,1-3H3/t17-,25?,26-/m0/s1. The van der Waals surface area contributed by atoms with Crippen molar-refractivity contribution < 1.29 is 13.9 Å². The molecule has 0 saturated carbocycles. The summed E-state index contributed by atoms with van der Waals surface area (Å²) in [5.74, 6) is -1.50. The van der Waals surface area contributed by atoms with Crippen molar-refractivity contribution >= 4 is 11.6 Å². The van der Waals surface area contributed by atoms with Gasteiger partial charge < -0.3 is 10.4 Å². The Kier molecular flexibility index (Phi) is 7.86. The van der Waals surface area contributed by atoms with Crippen molar-refractivity contribution in [3.05, 3.63) is 106 Å². The van der Waals surface area contributed by atoms with E-state index in [1.165, 1.54) is 12.1 Å². The van der Waals surface area contributed by atoms with Crippen LogP contribution in [0.4, 0.5) is 8.78 Å². The van der Waals surface area contributed by atoms with Gasteiger partial charge in [-0.15, -0.1) is 0 Å². The normalized spacial score (nSPS) is 14.4. The molecule has 3 rings (SSSR count). The van der Waals surface area contributed by atoms with Gasteiger partial charge in [0.25, 0.3) is 0 Å². The van der Waals surface area contributed by atoms with Gasteiger partial charge in [-0.05, 0) is 80.3 Å². The molecule has 0 fully saturated rings. The average Bonchev–Trinajstić information content (AvgIpc) is 2.75. The van der Waals surface area contributed by atoms with Crippen LogP contribution >= 0.6 is 11.6 Å². The fourth-order valence-corrected chi connectivity index (χ4v) is 4.25. The molecule has 33 heavy (non-hydrogen) atoms. The van der Waals surface area contributed by atoms with E-state index < -0.39 is 23.3 Å². The Morgan fingerprint density at radius 1 is 1.00 bits per heavy atom. The molecule has 0 saturated heterocycles. The van der Waals surface area contributed by atoms with Crippen molar-refractivity contribution in [2.24, 2.45) is 0 Å². The quantitative estimate of drug-likeness (QED) is 0.407. The maximum Gasteiger partial charge on any atom is 0.126 e. The average molecular weight is 469 g/mol. The van der Waals surface area contributed by atoms with Crippen molar-refractivity contribution in [1.82, 2.24) is 5.32 Å². The Morgan fingerprint density at radius 3 is 2.21 bits per heavy atom. The molecule has 6 heteroatoms. The second-order valence-electron chi connectivity index (χ2n) is 8.92. The lowest BCUT2D eigenvalue weighted by Crippen LogP contribution is -2.45. The fourth-order valence-electron chi connectivity index (χ4n) is 4.13. The SMILES string of the molecule is C[C@H](N[C@@H](c1cc(F)cc(F)c1)C(C)(C)O)C(Cc1ccc(Cl)cc1)c1cccc(C#N)c1. The second-order valence-corrected chi connectivity index (χ2v) is 9.36. The van der Waals surface area contributed by atoms with E-state index in [1.54, 1.807) is 19.9 Å². The summed E-state index contributed by atoms with van der Waals surface area (Å²) in [6.45, 7) is 5.17. The smallest absolute Gasteiger partial charge is 0.126 e. The molecule has 3 aromatic carbocycles. The third-order valence-corrected chi connectivity index (χ3v) is 6.02. The first-order valence-corrected chi connectivity index (χ1v) is 11.1. The first-order chi connectivity index (χ1) is 15.6. The summed E-state index contributed by atoms with van der Waals surface area (Å²) in [5, 5.41) is 24.3. The van der Waals surface area contributed by atoms with E-state index in [2.05, 4.69) is 11.4 Å². The van der Waals surface area contributed by atoms with Crippen LogP contribution in [0.15, 0.2) is 66.7 Å². The van der Waals surface area contributed by atoms with Crippen LogP contribution in [0.25, 0.3) is 0 Å². The highest BCUT2D eigenvalue weighted by atomic mass is 35.5. The van der Waals surface area contributed by atoms with Crippen molar-refractivity contribution in [3.63, 3.8) is 0 Å². The van der Waals surface area contributed by atoms with Crippen molar-refractivity contribution in [1.29, 1.82) is 5.26 Å². The summed E-state index contributed by atoms with van der Waals surface area (Å²) < 4.78 is 27.9. The van der Waals surface area contributed by atoms with E-state index in [4.69, 9.17) is 11.6 Å². The van der Waals surface area contributed by atoms with Crippen LogP contribution in [0.1, 0.15) is 55.0 Å². The Hall–Kier alpha value is -2.78. The summed E-state index contributed by atoms with van der Waals surface area (Å²) in [6, 6.07) is 19.4. The summed E-state index contributed by atoms with van der Waals surface area (Å²) in [4.78, 5) is 0. The van der Waals surface area contributed by atoms with Gasteiger partial charge in [0.15, 0.2) is 0 Å². The molecule has 2 N–H and O–H groups in total.